The Hall–Kier alpha value is -1.12. The van der Waals surface area contributed by atoms with Crippen molar-refractivity contribution in [1.29, 1.82) is 0 Å². The Kier molecular flexibility index (Phi) is 2.63. The van der Waals surface area contributed by atoms with Crippen LogP contribution in [0.5, 0.6) is 0 Å². The summed E-state index contributed by atoms with van der Waals surface area (Å²) < 4.78 is 5.61. The number of fused-ring (bicyclic) bond motifs is 1. The lowest BCUT2D eigenvalue weighted by atomic mass is 10.1. The molecule has 0 heterocycles. The maximum absolute atomic E-state index is 5.61. The van der Waals surface area contributed by atoms with Crippen molar-refractivity contribution in [3.63, 3.8) is 0 Å². The van der Waals surface area contributed by atoms with Gasteiger partial charge in [0, 0.05) is 7.11 Å². The molecule has 0 amide bonds. The van der Waals surface area contributed by atoms with Gasteiger partial charge in [-0.05, 0) is 29.1 Å². The third-order valence-electron chi connectivity index (χ3n) is 2.95. The second-order valence-corrected chi connectivity index (χ2v) is 8.28. The Morgan fingerprint density at radius 3 is 2.27 bits per heavy atom. The van der Waals surface area contributed by atoms with E-state index in [0.717, 1.165) is 0 Å². The molecule has 0 aliphatic carbocycles. The van der Waals surface area contributed by atoms with E-state index in [9.17, 15) is 0 Å². The zero-order valence-electron chi connectivity index (χ0n) is 9.45. The smallest absolute Gasteiger partial charge is 0.217 e. The first-order chi connectivity index (χ1) is 7.13. The van der Waals surface area contributed by atoms with Crippen LogP contribution >= 0.6 is 0 Å². The van der Waals surface area contributed by atoms with Crippen molar-refractivity contribution in [2.24, 2.45) is 0 Å². The first kappa shape index (κ1) is 10.4. The lowest BCUT2D eigenvalue weighted by Gasteiger charge is -2.20. The van der Waals surface area contributed by atoms with Crippen molar-refractivity contribution >= 4 is 24.3 Å². The highest BCUT2D eigenvalue weighted by Gasteiger charge is 2.23. The van der Waals surface area contributed by atoms with Crippen molar-refractivity contribution in [2.75, 3.05) is 7.11 Å². The van der Waals surface area contributed by atoms with Gasteiger partial charge in [-0.25, -0.2) is 0 Å². The van der Waals surface area contributed by atoms with Crippen molar-refractivity contribution in [3.05, 3.63) is 42.5 Å². The minimum atomic E-state index is -1.67. The van der Waals surface area contributed by atoms with Crippen LogP contribution in [0.4, 0.5) is 0 Å². The van der Waals surface area contributed by atoms with Crippen molar-refractivity contribution in [2.45, 2.75) is 13.1 Å². The fourth-order valence-corrected chi connectivity index (χ4v) is 2.91. The highest BCUT2D eigenvalue weighted by molar-refractivity contribution is 6.84. The predicted molar refractivity (Wildman–Crippen MR) is 68.1 cm³/mol. The summed E-state index contributed by atoms with van der Waals surface area (Å²) >= 11 is 0. The molecule has 0 fully saturated rings. The average molecular weight is 216 g/mol. The van der Waals surface area contributed by atoms with Gasteiger partial charge in [-0.1, -0.05) is 42.5 Å². The topological polar surface area (TPSA) is 9.23 Å². The molecule has 2 heteroatoms. The van der Waals surface area contributed by atoms with Gasteiger partial charge in [0.15, 0.2) is 0 Å². The Balaban J connectivity index is 2.56. The van der Waals surface area contributed by atoms with Gasteiger partial charge in [-0.3, -0.25) is 0 Å². The van der Waals surface area contributed by atoms with Crippen molar-refractivity contribution < 1.29 is 4.43 Å². The van der Waals surface area contributed by atoms with Crippen LogP contribution in [-0.4, -0.2) is 15.4 Å². The summed E-state index contributed by atoms with van der Waals surface area (Å²) in [6, 6.07) is 15.1. The van der Waals surface area contributed by atoms with Crippen molar-refractivity contribution in [1.82, 2.24) is 0 Å². The summed E-state index contributed by atoms with van der Waals surface area (Å²) in [6.45, 7) is 4.44. The first-order valence-corrected chi connectivity index (χ1v) is 8.09. The fraction of sp³-hybridized carbons (Fsp3) is 0.231. The molecule has 2 rings (SSSR count). The minimum Gasteiger partial charge on any atom is -0.416 e. The summed E-state index contributed by atoms with van der Waals surface area (Å²) in [5.74, 6) is 0. The zero-order valence-corrected chi connectivity index (χ0v) is 10.4. The van der Waals surface area contributed by atoms with Crippen LogP contribution in [0, 0.1) is 0 Å². The highest BCUT2D eigenvalue weighted by atomic mass is 28.4. The van der Waals surface area contributed by atoms with E-state index in [4.69, 9.17) is 4.43 Å². The van der Waals surface area contributed by atoms with Crippen LogP contribution in [-0.2, 0) is 4.43 Å². The first-order valence-electron chi connectivity index (χ1n) is 5.18. The standard InChI is InChI=1S/C13H16OSi/c1-14-15(2,3)13-9-8-11-6-4-5-7-12(11)10-13/h4-10H,1-3H3. The number of hydrogen-bond acceptors (Lipinski definition) is 1. The second kappa shape index (κ2) is 3.80. The zero-order chi connectivity index (χ0) is 10.9. The van der Waals surface area contributed by atoms with Gasteiger partial charge < -0.3 is 4.43 Å². The van der Waals surface area contributed by atoms with Gasteiger partial charge in [0.25, 0.3) is 0 Å². The molecule has 2 aromatic carbocycles. The van der Waals surface area contributed by atoms with Crippen LogP contribution < -0.4 is 5.19 Å². The molecule has 0 radical (unpaired) electrons. The third-order valence-corrected chi connectivity index (χ3v) is 5.68. The number of rotatable bonds is 2. The average Bonchev–Trinajstić information content (AvgIpc) is 2.28. The molecule has 78 valence electrons. The lowest BCUT2D eigenvalue weighted by Crippen LogP contribution is -2.43. The lowest BCUT2D eigenvalue weighted by molar-refractivity contribution is 0.416. The van der Waals surface area contributed by atoms with E-state index in [1.165, 1.54) is 16.0 Å². The molecule has 15 heavy (non-hydrogen) atoms. The Labute approximate surface area is 91.8 Å². The fourth-order valence-electron chi connectivity index (χ4n) is 1.68. The second-order valence-electron chi connectivity index (χ2n) is 4.28. The van der Waals surface area contributed by atoms with Crippen molar-refractivity contribution in [3.8, 4) is 0 Å². The molecule has 0 bridgehead atoms. The minimum absolute atomic E-state index is 1.29. The monoisotopic (exact) mass is 216 g/mol. The molecule has 0 saturated heterocycles. The van der Waals surface area contributed by atoms with E-state index in [-0.39, 0.29) is 0 Å². The molecular weight excluding hydrogens is 200 g/mol. The Bertz CT molecular complexity index is 477. The SMILES string of the molecule is CO[Si](C)(C)c1ccc2ccccc2c1. The van der Waals surface area contributed by atoms with Crippen LogP contribution in [0.1, 0.15) is 0 Å². The van der Waals surface area contributed by atoms with E-state index >= 15 is 0 Å². The van der Waals surface area contributed by atoms with Crippen LogP contribution in [0.2, 0.25) is 13.1 Å². The van der Waals surface area contributed by atoms with E-state index in [0.29, 0.717) is 0 Å². The van der Waals surface area contributed by atoms with Crippen LogP contribution in [0.3, 0.4) is 0 Å². The summed E-state index contributed by atoms with van der Waals surface area (Å²) in [5, 5.41) is 3.94. The Morgan fingerprint density at radius 1 is 0.933 bits per heavy atom. The van der Waals surface area contributed by atoms with E-state index in [2.05, 4.69) is 55.6 Å². The van der Waals surface area contributed by atoms with E-state index in [1.54, 1.807) is 7.11 Å². The van der Waals surface area contributed by atoms with Crippen LogP contribution in [0.15, 0.2) is 42.5 Å². The molecule has 0 aliphatic heterocycles. The summed E-state index contributed by atoms with van der Waals surface area (Å²) in [4.78, 5) is 0. The normalized spacial score (nSPS) is 11.9. The summed E-state index contributed by atoms with van der Waals surface area (Å²) in [7, 11) is 0.136. The molecule has 0 N–H and O–H groups in total. The maximum Gasteiger partial charge on any atom is 0.217 e. The highest BCUT2D eigenvalue weighted by Crippen LogP contribution is 2.14. The van der Waals surface area contributed by atoms with Gasteiger partial charge in [-0.2, -0.15) is 0 Å². The van der Waals surface area contributed by atoms with Crippen LogP contribution in [0.25, 0.3) is 10.8 Å². The molecule has 0 unspecified atom stereocenters. The third kappa shape index (κ3) is 1.96. The molecule has 0 aliphatic rings. The number of hydrogen-bond donors (Lipinski definition) is 0. The summed E-state index contributed by atoms with van der Waals surface area (Å²) in [6.07, 6.45) is 0. The number of benzene rings is 2. The Morgan fingerprint density at radius 2 is 1.60 bits per heavy atom. The summed E-state index contributed by atoms with van der Waals surface area (Å²) in [5.41, 5.74) is 0. The van der Waals surface area contributed by atoms with Gasteiger partial charge in [0.05, 0.1) is 0 Å². The predicted octanol–water partition coefficient (Wildman–Crippen LogP) is 2.90. The molecule has 1 nitrogen and oxygen atoms in total. The quantitative estimate of drug-likeness (QED) is 0.701. The van der Waals surface area contributed by atoms with Gasteiger partial charge in [0.1, 0.15) is 0 Å². The molecule has 2 aromatic rings. The molecular formula is C13H16OSi. The largest absolute Gasteiger partial charge is 0.416 e. The molecule has 0 spiro atoms. The molecule has 0 aromatic heterocycles. The molecule has 0 atom stereocenters. The molecule has 0 saturated carbocycles. The maximum atomic E-state index is 5.61. The van der Waals surface area contributed by atoms with E-state index < -0.39 is 8.32 Å². The van der Waals surface area contributed by atoms with Gasteiger partial charge in [0.2, 0.25) is 8.32 Å². The van der Waals surface area contributed by atoms with E-state index in [1.807, 2.05) is 0 Å². The van der Waals surface area contributed by atoms with Gasteiger partial charge in [-0.15, -0.1) is 0 Å². The van der Waals surface area contributed by atoms with Gasteiger partial charge >= 0.3 is 0 Å².